The average Bonchev–Trinajstić information content (AvgIpc) is 2.84. The van der Waals surface area contributed by atoms with Gasteiger partial charge in [-0.15, -0.1) is 0 Å². The molecule has 21 heavy (non-hydrogen) atoms. The normalized spacial score (nSPS) is 19.9. The third-order valence-electron chi connectivity index (χ3n) is 3.91. The van der Waals surface area contributed by atoms with Crippen LogP contribution in [0.4, 0.5) is 0 Å². The molecule has 0 N–H and O–H groups in total. The number of benzene rings is 1. The molecule has 7 heteroatoms. The molecule has 1 aromatic carbocycles. The third kappa shape index (κ3) is 3.38. The Labute approximate surface area is 130 Å². The monoisotopic (exact) mass is 327 g/mol. The summed E-state index contributed by atoms with van der Waals surface area (Å²) in [6.07, 6.45) is 2.10. The second-order valence-electron chi connectivity index (χ2n) is 5.32. The van der Waals surface area contributed by atoms with E-state index in [0.717, 1.165) is 19.4 Å². The Balaban J connectivity index is 2.21. The van der Waals surface area contributed by atoms with E-state index in [4.69, 9.17) is 16.9 Å². The van der Waals surface area contributed by atoms with E-state index in [2.05, 4.69) is 4.90 Å². The van der Waals surface area contributed by atoms with Crippen molar-refractivity contribution < 1.29 is 8.42 Å². The molecule has 2 rings (SSSR count). The molecule has 0 aromatic heterocycles. The minimum Gasteiger partial charge on any atom is -0.302 e. The largest absolute Gasteiger partial charge is 0.302 e. The summed E-state index contributed by atoms with van der Waals surface area (Å²) in [6, 6.07) is 6.37. The van der Waals surface area contributed by atoms with Crippen LogP contribution >= 0.6 is 11.6 Å². The van der Waals surface area contributed by atoms with Gasteiger partial charge < -0.3 is 4.90 Å². The van der Waals surface area contributed by atoms with Crippen LogP contribution in [0, 0.1) is 11.3 Å². The van der Waals surface area contributed by atoms with Gasteiger partial charge in [0.25, 0.3) is 0 Å². The number of hydrogen-bond acceptors (Lipinski definition) is 4. The van der Waals surface area contributed by atoms with Crippen LogP contribution in [-0.4, -0.2) is 50.8 Å². The Kier molecular flexibility index (Phi) is 4.89. The lowest BCUT2D eigenvalue weighted by Crippen LogP contribution is -2.39. The molecule has 1 aliphatic heterocycles. The van der Waals surface area contributed by atoms with E-state index in [1.807, 2.05) is 13.1 Å². The van der Waals surface area contributed by atoms with E-state index in [0.29, 0.717) is 6.54 Å². The predicted molar refractivity (Wildman–Crippen MR) is 81.6 cm³/mol. The lowest BCUT2D eigenvalue weighted by Gasteiger charge is -2.25. The predicted octanol–water partition coefficient (Wildman–Crippen LogP) is 1.93. The molecule has 0 spiro atoms. The number of hydrogen-bond donors (Lipinski definition) is 0. The Morgan fingerprint density at radius 3 is 2.76 bits per heavy atom. The van der Waals surface area contributed by atoms with Crippen LogP contribution in [0.2, 0.25) is 5.02 Å². The summed E-state index contributed by atoms with van der Waals surface area (Å²) >= 11 is 5.92. The molecule has 0 saturated carbocycles. The highest BCUT2D eigenvalue weighted by Gasteiger charge is 2.28. The molecule has 0 amide bonds. The Morgan fingerprint density at radius 2 is 2.24 bits per heavy atom. The zero-order chi connectivity index (χ0) is 15.6. The molecular weight excluding hydrogens is 310 g/mol. The van der Waals surface area contributed by atoms with Crippen molar-refractivity contribution >= 4 is 21.6 Å². The standard InChI is InChI=1S/C14H18ClN3O2S/c1-17-7-3-4-12(17)10-18(2)21(19,20)13-6-5-11(9-16)14(15)8-13/h5-6,8,12H,3-4,7,10H2,1-2H3. The highest BCUT2D eigenvalue weighted by atomic mass is 35.5. The first kappa shape index (κ1) is 16.2. The maximum Gasteiger partial charge on any atom is 0.242 e. The molecule has 0 aliphatic carbocycles. The molecule has 0 radical (unpaired) electrons. The molecule has 1 atom stereocenters. The van der Waals surface area contributed by atoms with E-state index in [9.17, 15) is 8.42 Å². The van der Waals surface area contributed by atoms with Crippen LogP contribution in [-0.2, 0) is 10.0 Å². The topological polar surface area (TPSA) is 64.4 Å². The highest BCUT2D eigenvalue weighted by molar-refractivity contribution is 7.89. The third-order valence-corrected chi connectivity index (χ3v) is 6.04. The average molecular weight is 328 g/mol. The van der Waals surface area contributed by atoms with E-state index in [1.54, 1.807) is 7.05 Å². The maximum atomic E-state index is 12.5. The Bertz CT molecular complexity index is 669. The van der Waals surface area contributed by atoms with Crippen molar-refractivity contribution in [3.05, 3.63) is 28.8 Å². The van der Waals surface area contributed by atoms with Crippen LogP contribution < -0.4 is 0 Å². The van der Waals surface area contributed by atoms with Gasteiger partial charge in [0.1, 0.15) is 6.07 Å². The number of nitrogens with zero attached hydrogens (tertiary/aromatic N) is 3. The van der Waals surface area contributed by atoms with Crippen molar-refractivity contribution in [1.29, 1.82) is 5.26 Å². The number of rotatable bonds is 4. The SMILES string of the molecule is CN1CCCC1CN(C)S(=O)(=O)c1ccc(C#N)c(Cl)c1. The number of halogens is 1. The van der Waals surface area contributed by atoms with Gasteiger partial charge in [0.05, 0.1) is 15.5 Å². The minimum atomic E-state index is -3.58. The van der Waals surface area contributed by atoms with Gasteiger partial charge in [0, 0.05) is 19.6 Å². The number of likely N-dealkylation sites (N-methyl/N-ethyl adjacent to an activating group) is 2. The molecule has 1 fully saturated rings. The van der Waals surface area contributed by atoms with Gasteiger partial charge in [0.2, 0.25) is 10.0 Å². The molecule has 1 aromatic rings. The number of likely N-dealkylation sites (tertiary alicyclic amines) is 1. The van der Waals surface area contributed by atoms with Gasteiger partial charge in [-0.3, -0.25) is 0 Å². The summed E-state index contributed by atoms with van der Waals surface area (Å²) in [5.41, 5.74) is 0.272. The Morgan fingerprint density at radius 1 is 1.52 bits per heavy atom. The smallest absolute Gasteiger partial charge is 0.242 e. The van der Waals surface area contributed by atoms with Gasteiger partial charge in [-0.05, 0) is 44.6 Å². The second kappa shape index (κ2) is 6.32. The molecule has 1 saturated heterocycles. The van der Waals surface area contributed by atoms with E-state index in [1.165, 1.54) is 22.5 Å². The fraction of sp³-hybridized carbons (Fsp3) is 0.500. The lowest BCUT2D eigenvalue weighted by molar-refractivity contribution is 0.271. The van der Waals surface area contributed by atoms with Crippen molar-refractivity contribution in [2.75, 3.05) is 27.2 Å². The maximum absolute atomic E-state index is 12.5. The van der Waals surface area contributed by atoms with Gasteiger partial charge >= 0.3 is 0 Å². The Hall–Kier alpha value is -1.13. The van der Waals surface area contributed by atoms with Gasteiger partial charge in [-0.25, -0.2) is 8.42 Å². The zero-order valence-electron chi connectivity index (χ0n) is 12.1. The van der Waals surface area contributed by atoms with Crippen LogP contribution in [0.5, 0.6) is 0 Å². The first-order valence-corrected chi connectivity index (χ1v) is 8.54. The first-order valence-electron chi connectivity index (χ1n) is 6.72. The number of nitriles is 1. The van der Waals surface area contributed by atoms with Crippen LogP contribution in [0.1, 0.15) is 18.4 Å². The van der Waals surface area contributed by atoms with Crippen LogP contribution in [0.3, 0.4) is 0 Å². The number of sulfonamides is 1. The lowest BCUT2D eigenvalue weighted by atomic mass is 10.2. The summed E-state index contributed by atoms with van der Waals surface area (Å²) < 4.78 is 26.4. The van der Waals surface area contributed by atoms with E-state index < -0.39 is 10.0 Å². The molecular formula is C14H18ClN3O2S. The van der Waals surface area contributed by atoms with Crippen LogP contribution in [0.25, 0.3) is 0 Å². The van der Waals surface area contributed by atoms with Gasteiger partial charge in [-0.2, -0.15) is 9.57 Å². The van der Waals surface area contributed by atoms with Crippen molar-refractivity contribution in [1.82, 2.24) is 9.21 Å². The fourth-order valence-electron chi connectivity index (χ4n) is 2.53. The quantitative estimate of drug-likeness (QED) is 0.847. The molecule has 1 unspecified atom stereocenters. The summed E-state index contributed by atoms with van der Waals surface area (Å²) in [6.45, 7) is 1.46. The van der Waals surface area contributed by atoms with Crippen molar-refractivity contribution in [2.45, 2.75) is 23.8 Å². The molecule has 114 valence electrons. The second-order valence-corrected chi connectivity index (χ2v) is 7.77. The van der Waals surface area contributed by atoms with Gasteiger partial charge in [-0.1, -0.05) is 11.6 Å². The van der Waals surface area contributed by atoms with Crippen molar-refractivity contribution in [3.63, 3.8) is 0 Å². The fourth-order valence-corrected chi connectivity index (χ4v) is 4.05. The highest BCUT2D eigenvalue weighted by Crippen LogP contribution is 2.24. The molecule has 1 heterocycles. The summed E-state index contributed by atoms with van der Waals surface area (Å²) in [5, 5.41) is 9.00. The summed E-state index contributed by atoms with van der Waals surface area (Å²) in [7, 11) is 0.00306. The van der Waals surface area contributed by atoms with E-state index >= 15 is 0 Å². The van der Waals surface area contributed by atoms with Gasteiger partial charge in [0.15, 0.2) is 0 Å². The minimum absolute atomic E-state index is 0.120. The molecule has 0 bridgehead atoms. The van der Waals surface area contributed by atoms with Crippen molar-refractivity contribution in [2.24, 2.45) is 0 Å². The first-order chi connectivity index (χ1) is 9.86. The van der Waals surface area contributed by atoms with E-state index in [-0.39, 0.29) is 21.5 Å². The molecule has 5 nitrogen and oxygen atoms in total. The summed E-state index contributed by atoms with van der Waals surface area (Å²) in [4.78, 5) is 2.30. The molecule has 1 aliphatic rings. The summed E-state index contributed by atoms with van der Waals surface area (Å²) in [5.74, 6) is 0. The zero-order valence-corrected chi connectivity index (χ0v) is 13.7. The van der Waals surface area contributed by atoms with Crippen molar-refractivity contribution in [3.8, 4) is 6.07 Å². The van der Waals surface area contributed by atoms with Crippen LogP contribution in [0.15, 0.2) is 23.1 Å².